The molecular formula is C13H16N2O. The molecule has 1 aromatic carbocycles. The molecule has 0 aliphatic carbocycles. The summed E-state index contributed by atoms with van der Waals surface area (Å²) in [6, 6.07) is 8.03. The van der Waals surface area contributed by atoms with Crippen LogP contribution in [0.15, 0.2) is 29.3 Å². The van der Waals surface area contributed by atoms with Crippen molar-refractivity contribution in [2.75, 3.05) is 18.0 Å². The van der Waals surface area contributed by atoms with Crippen molar-refractivity contribution in [2.24, 2.45) is 10.9 Å². The lowest BCUT2D eigenvalue weighted by Crippen LogP contribution is -2.44. The van der Waals surface area contributed by atoms with E-state index in [0.717, 1.165) is 30.2 Å². The number of nitrogens with zero attached hydrogens (tertiary/aromatic N) is 2. The van der Waals surface area contributed by atoms with E-state index in [1.807, 2.05) is 25.1 Å². The summed E-state index contributed by atoms with van der Waals surface area (Å²) in [5.41, 5.74) is 1.16. The van der Waals surface area contributed by atoms with Crippen molar-refractivity contribution in [1.82, 2.24) is 0 Å². The summed E-state index contributed by atoms with van der Waals surface area (Å²) in [5, 5.41) is 10.6. The van der Waals surface area contributed by atoms with Crippen LogP contribution in [-0.4, -0.2) is 24.0 Å². The second-order valence-electron chi connectivity index (χ2n) is 4.97. The maximum atomic E-state index is 10.6. The number of rotatable bonds is 0. The van der Waals surface area contributed by atoms with Gasteiger partial charge >= 0.3 is 0 Å². The smallest absolute Gasteiger partial charge is 0.146 e. The lowest BCUT2D eigenvalue weighted by Gasteiger charge is -2.30. The summed E-state index contributed by atoms with van der Waals surface area (Å²) in [6.45, 7) is 5.79. The fraction of sp³-hybridized carbons (Fsp3) is 0.462. The second kappa shape index (κ2) is 3.08. The van der Waals surface area contributed by atoms with Crippen LogP contribution in [0.25, 0.3) is 0 Å². The van der Waals surface area contributed by atoms with Gasteiger partial charge in [0.15, 0.2) is 0 Å². The van der Waals surface area contributed by atoms with E-state index in [-0.39, 0.29) is 0 Å². The molecule has 16 heavy (non-hydrogen) atoms. The van der Waals surface area contributed by atoms with Crippen LogP contribution in [0.3, 0.4) is 0 Å². The molecule has 2 atom stereocenters. The molecule has 3 heteroatoms. The van der Waals surface area contributed by atoms with Gasteiger partial charge in [0.05, 0.1) is 0 Å². The molecule has 1 N–H and O–H groups in total. The highest BCUT2D eigenvalue weighted by Crippen LogP contribution is 2.42. The molecule has 1 aromatic rings. The summed E-state index contributed by atoms with van der Waals surface area (Å²) in [6.07, 6.45) is 0. The molecule has 0 unspecified atom stereocenters. The topological polar surface area (TPSA) is 35.8 Å². The average Bonchev–Trinajstić information content (AvgIpc) is 2.49. The Kier molecular flexibility index (Phi) is 1.89. The number of aliphatic imine (C=N–C) groups is 1. The number of hydrogen-bond acceptors (Lipinski definition) is 3. The Hall–Kier alpha value is -1.35. The largest absolute Gasteiger partial charge is 0.377 e. The van der Waals surface area contributed by atoms with Crippen LogP contribution in [0.5, 0.6) is 0 Å². The normalized spacial score (nSPS) is 32.1. The average molecular weight is 216 g/mol. The molecule has 84 valence electrons. The molecule has 0 fully saturated rings. The van der Waals surface area contributed by atoms with Gasteiger partial charge in [0, 0.05) is 24.3 Å². The van der Waals surface area contributed by atoms with E-state index in [1.165, 1.54) is 0 Å². The third kappa shape index (κ3) is 1.15. The molecule has 2 heterocycles. The van der Waals surface area contributed by atoms with Crippen molar-refractivity contribution in [3.05, 3.63) is 29.8 Å². The molecule has 0 bridgehead atoms. The predicted octanol–water partition coefficient (Wildman–Crippen LogP) is 1.76. The zero-order chi connectivity index (χ0) is 11.3. The minimum absolute atomic E-state index is 0.547. The molecule has 0 spiro atoms. The zero-order valence-corrected chi connectivity index (χ0v) is 9.64. The van der Waals surface area contributed by atoms with Crippen LogP contribution < -0.4 is 4.90 Å². The molecule has 0 radical (unpaired) electrons. The van der Waals surface area contributed by atoms with Gasteiger partial charge in [-0.3, -0.25) is 4.99 Å². The number of para-hydroxylation sites is 1. The van der Waals surface area contributed by atoms with E-state index in [1.54, 1.807) is 0 Å². The summed E-state index contributed by atoms with van der Waals surface area (Å²) in [5.74, 6) is 1.36. The number of aliphatic hydroxyl groups is 1. The first-order chi connectivity index (χ1) is 7.60. The first kappa shape index (κ1) is 9.85. The fourth-order valence-electron chi connectivity index (χ4n) is 2.65. The van der Waals surface area contributed by atoms with Gasteiger partial charge in [0.1, 0.15) is 11.4 Å². The molecular weight excluding hydrogens is 200 g/mol. The number of amidine groups is 1. The van der Waals surface area contributed by atoms with Gasteiger partial charge in [-0.2, -0.15) is 0 Å². The molecule has 0 aromatic heterocycles. The van der Waals surface area contributed by atoms with Gasteiger partial charge in [-0.1, -0.05) is 25.1 Å². The monoisotopic (exact) mass is 216 g/mol. The summed E-state index contributed by atoms with van der Waals surface area (Å²) >= 11 is 0. The van der Waals surface area contributed by atoms with Crippen molar-refractivity contribution in [2.45, 2.75) is 19.4 Å². The van der Waals surface area contributed by atoms with Crippen LogP contribution in [-0.2, 0) is 5.60 Å². The Labute approximate surface area is 95.4 Å². The van der Waals surface area contributed by atoms with Crippen molar-refractivity contribution >= 4 is 11.5 Å². The molecule has 0 saturated heterocycles. The standard InChI is InChI=1S/C13H16N2O/c1-9-7-14-12-13(2,16)10-5-3-4-6-11(10)15(12)8-9/h3-6,9,16H,7-8H2,1-2H3/t9-,13-/m1/s1. The summed E-state index contributed by atoms with van der Waals surface area (Å²) < 4.78 is 0. The number of benzene rings is 1. The maximum absolute atomic E-state index is 10.6. The van der Waals surface area contributed by atoms with Crippen LogP contribution >= 0.6 is 0 Å². The zero-order valence-electron chi connectivity index (χ0n) is 9.64. The van der Waals surface area contributed by atoms with Crippen molar-refractivity contribution in [3.8, 4) is 0 Å². The Balaban J connectivity index is 2.19. The summed E-state index contributed by atoms with van der Waals surface area (Å²) in [7, 11) is 0. The number of anilines is 1. The Morgan fingerprint density at radius 2 is 2.19 bits per heavy atom. The first-order valence-corrected chi connectivity index (χ1v) is 5.75. The molecule has 3 rings (SSSR count). The van der Waals surface area contributed by atoms with Crippen molar-refractivity contribution in [1.29, 1.82) is 0 Å². The maximum Gasteiger partial charge on any atom is 0.146 e. The Morgan fingerprint density at radius 1 is 1.44 bits per heavy atom. The highest BCUT2D eigenvalue weighted by molar-refractivity contribution is 6.10. The molecule has 3 nitrogen and oxygen atoms in total. The van der Waals surface area contributed by atoms with E-state index >= 15 is 0 Å². The van der Waals surface area contributed by atoms with E-state index in [4.69, 9.17) is 0 Å². The van der Waals surface area contributed by atoms with E-state index in [2.05, 4.69) is 22.9 Å². The Morgan fingerprint density at radius 3 is 3.00 bits per heavy atom. The van der Waals surface area contributed by atoms with Crippen LogP contribution in [0.1, 0.15) is 19.4 Å². The lowest BCUT2D eigenvalue weighted by molar-refractivity contribution is 0.135. The van der Waals surface area contributed by atoms with Crippen LogP contribution in [0.4, 0.5) is 5.69 Å². The van der Waals surface area contributed by atoms with E-state index in [0.29, 0.717) is 5.92 Å². The minimum atomic E-state index is -0.920. The molecule has 0 amide bonds. The number of hydrogen-bond donors (Lipinski definition) is 1. The van der Waals surface area contributed by atoms with Gasteiger partial charge < -0.3 is 10.0 Å². The third-order valence-corrected chi connectivity index (χ3v) is 3.46. The minimum Gasteiger partial charge on any atom is -0.377 e. The first-order valence-electron chi connectivity index (χ1n) is 5.75. The quantitative estimate of drug-likeness (QED) is 0.717. The molecule has 2 aliphatic rings. The molecule has 0 saturated carbocycles. The highest BCUT2D eigenvalue weighted by Gasteiger charge is 2.45. The highest BCUT2D eigenvalue weighted by atomic mass is 16.3. The van der Waals surface area contributed by atoms with Crippen LogP contribution in [0.2, 0.25) is 0 Å². The van der Waals surface area contributed by atoms with Crippen molar-refractivity contribution < 1.29 is 5.11 Å². The van der Waals surface area contributed by atoms with Gasteiger partial charge in [-0.25, -0.2) is 0 Å². The Bertz CT molecular complexity index is 465. The third-order valence-electron chi connectivity index (χ3n) is 3.46. The lowest BCUT2D eigenvalue weighted by atomic mass is 9.97. The fourth-order valence-corrected chi connectivity index (χ4v) is 2.65. The summed E-state index contributed by atoms with van der Waals surface area (Å²) in [4.78, 5) is 6.69. The van der Waals surface area contributed by atoms with E-state index in [9.17, 15) is 5.11 Å². The SMILES string of the molecule is C[C@@H]1CN=C2N(C1)c1ccccc1[C@@]2(C)O. The van der Waals surface area contributed by atoms with Gasteiger partial charge in [0.2, 0.25) is 0 Å². The van der Waals surface area contributed by atoms with Gasteiger partial charge in [-0.15, -0.1) is 0 Å². The number of fused-ring (bicyclic) bond motifs is 3. The van der Waals surface area contributed by atoms with Gasteiger partial charge in [0.25, 0.3) is 0 Å². The van der Waals surface area contributed by atoms with Crippen molar-refractivity contribution in [3.63, 3.8) is 0 Å². The predicted molar refractivity (Wildman–Crippen MR) is 64.8 cm³/mol. The second-order valence-corrected chi connectivity index (χ2v) is 4.97. The van der Waals surface area contributed by atoms with Crippen LogP contribution in [0, 0.1) is 5.92 Å². The van der Waals surface area contributed by atoms with E-state index < -0.39 is 5.60 Å². The molecule has 2 aliphatic heterocycles. The van der Waals surface area contributed by atoms with Gasteiger partial charge in [-0.05, 0) is 18.9 Å².